The van der Waals surface area contributed by atoms with Crippen LogP contribution in [0.3, 0.4) is 0 Å². The molecule has 0 amide bonds. The Hall–Kier alpha value is -2.06. The van der Waals surface area contributed by atoms with E-state index in [-0.39, 0.29) is 6.17 Å². The first kappa shape index (κ1) is 19.3. The number of anilines is 1. The van der Waals surface area contributed by atoms with Crippen molar-refractivity contribution in [3.63, 3.8) is 0 Å². The fraction of sp³-hybridized carbons (Fsp3) is 0.450. The number of alkyl halides is 3. The molecule has 4 nitrogen and oxygen atoms in total. The van der Waals surface area contributed by atoms with E-state index in [4.69, 9.17) is 0 Å². The summed E-state index contributed by atoms with van der Waals surface area (Å²) in [6.45, 7) is 3.64. The highest BCUT2D eigenvalue weighted by atomic mass is 32.1. The predicted octanol–water partition coefficient (Wildman–Crippen LogP) is 4.42. The van der Waals surface area contributed by atoms with Crippen molar-refractivity contribution in [1.82, 2.24) is 15.2 Å². The summed E-state index contributed by atoms with van der Waals surface area (Å²) in [5, 5.41) is 6.56. The molecule has 2 aliphatic rings. The smallest absolute Gasteiger partial charge is 0.369 e. The van der Waals surface area contributed by atoms with Gasteiger partial charge in [-0.3, -0.25) is 4.90 Å². The number of nitrogens with zero attached hydrogens (tertiary/aromatic N) is 3. The van der Waals surface area contributed by atoms with E-state index >= 15 is 0 Å². The van der Waals surface area contributed by atoms with Crippen LogP contribution in [0.5, 0.6) is 0 Å². The van der Waals surface area contributed by atoms with Gasteiger partial charge in [0.1, 0.15) is 0 Å². The first-order chi connectivity index (χ1) is 13.5. The van der Waals surface area contributed by atoms with E-state index in [1.807, 2.05) is 17.7 Å². The summed E-state index contributed by atoms with van der Waals surface area (Å²) in [4.78, 5) is 9.07. The fourth-order valence-corrected chi connectivity index (χ4v) is 4.50. The summed E-state index contributed by atoms with van der Waals surface area (Å²) in [5.74, 6) is 0. The molecule has 1 unspecified atom stereocenters. The number of thiazole rings is 1. The zero-order chi connectivity index (χ0) is 19.6. The Labute approximate surface area is 166 Å². The van der Waals surface area contributed by atoms with Crippen molar-refractivity contribution in [2.45, 2.75) is 31.6 Å². The lowest BCUT2D eigenvalue weighted by Crippen LogP contribution is -2.54. The summed E-state index contributed by atoms with van der Waals surface area (Å²) < 4.78 is 39.2. The van der Waals surface area contributed by atoms with E-state index in [0.29, 0.717) is 5.56 Å². The lowest BCUT2D eigenvalue weighted by Gasteiger charge is -2.39. The number of hydrogen-bond donors (Lipinski definition) is 1. The monoisotopic (exact) mass is 408 g/mol. The summed E-state index contributed by atoms with van der Waals surface area (Å²) >= 11 is 1.65. The Bertz CT molecular complexity index is 811. The van der Waals surface area contributed by atoms with Gasteiger partial charge in [0.15, 0.2) is 5.13 Å². The van der Waals surface area contributed by atoms with Crippen LogP contribution in [0.1, 0.15) is 30.4 Å². The van der Waals surface area contributed by atoms with Crippen LogP contribution in [0, 0.1) is 0 Å². The highest BCUT2D eigenvalue weighted by Crippen LogP contribution is 2.31. The second-order valence-corrected chi connectivity index (χ2v) is 8.00. The second-order valence-electron chi connectivity index (χ2n) is 7.13. The third kappa shape index (κ3) is 4.33. The minimum absolute atomic E-state index is 0.140. The largest absolute Gasteiger partial charge is 0.416 e. The topological polar surface area (TPSA) is 31.4 Å². The van der Waals surface area contributed by atoms with Crippen molar-refractivity contribution >= 4 is 22.2 Å². The van der Waals surface area contributed by atoms with Crippen LogP contribution in [-0.4, -0.2) is 42.2 Å². The molecular formula is C20H23F3N4S. The van der Waals surface area contributed by atoms with Crippen molar-refractivity contribution in [1.29, 1.82) is 0 Å². The molecule has 3 heterocycles. The highest BCUT2D eigenvalue weighted by molar-refractivity contribution is 7.13. The lowest BCUT2D eigenvalue weighted by molar-refractivity contribution is -0.137. The molecule has 2 aliphatic heterocycles. The standard InChI is InChI=1S/C20H23F3N4S/c21-20(22,23)16-5-3-4-15(14-16)17-6-1-2-7-18(25-17)26-9-11-27(12-10-26)19-24-8-13-28-19/h3-6,8,13-14,18,25H,1-2,7,9-12H2. The summed E-state index contributed by atoms with van der Waals surface area (Å²) in [5.41, 5.74) is 0.796. The van der Waals surface area contributed by atoms with Gasteiger partial charge in [-0.2, -0.15) is 13.2 Å². The van der Waals surface area contributed by atoms with Gasteiger partial charge >= 0.3 is 6.18 Å². The normalized spacial score (nSPS) is 21.8. The molecule has 0 saturated carbocycles. The second kappa shape index (κ2) is 8.13. The quantitative estimate of drug-likeness (QED) is 0.815. The van der Waals surface area contributed by atoms with Crippen molar-refractivity contribution in [3.05, 3.63) is 53.0 Å². The number of allylic oxidation sites excluding steroid dienone is 1. The van der Waals surface area contributed by atoms with Crippen LogP contribution in [0.15, 0.2) is 41.9 Å². The van der Waals surface area contributed by atoms with E-state index in [9.17, 15) is 13.2 Å². The summed E-state index contributed by atoms with van der Waals surface area (Å²) in [6.07, 6.45) is 2.54. The first-order valence-electron chi connectivity index (χ1n) is 9.53. The Balaban J connectivity index is 1.44. The van der Waals surface area contributed by atoms with Crippen LogP contribution in [0.25, 0.3) is 5.70 Å². The number of piperazine rings is 1. The minimum atomic E-state index is -4.33. The Kier molecular flexibility index (Phi) is 5.59. The predicted molar refractivity (Wildman–Crippen MR) is 106 cm³/mol. The molecule has 1 atom stereocenters. The van der Waals surface area contributed by atoms with Gasteiger partial charge in [-0.1, -0.05) is 18.2 Å². The highest BCUT2D eigenvalue weighted by Gasteiger charge is 2.31. The van der Waals surface area contributed by atoms with Crippen LogP contribution in [0.2, 0.25) is 0 Å². The average Bonchev–Trinajstić information content (AvgIpc) is 3.12. The molecule has 1 aromatic carbocycles. The number of benzene rings is 1. The van der Waals surface area contributed by atoms with Crippen LogP contribution in [0.4, 0.5) is 18.3 Å². The molecule has 1 N–H and O–H groups in total. The van der Waals surface area contributed by atoms with Crippen LogP contribution < -0.4 is 10.2 Å². The number of nitrogens with one attached hydrogen (secondary N) is 1. The number of aromatic nitrogens is 1. The van der Waals surface area contributed by atoms with Crippen LogP contribution >= 0.6 is 11.3 Å². The zero-order valence-corrected chi connectivity index (χ0v) is 16.3. The van der Waals surface area contributed by atoms with Crippen molar-refractivity contribution < 1.29 is 13.2 Å². The molecule has 8 heteroatoms. The van der Waals surface area contributed by atoms with E-state index in [2.05, 4.69) is 20.1 Å². The molecule has 0 bridgehead atoms. The number of hydrogen-bond acceptors (Lipinski definition) is 5. The van der Waals surface area contributed by atoms with Crippen molar-refractivity contribution in [3.8, 4) is 0 Å². The molecule has 0 radical (unpaired) electrons. The number of halogens is 3. The molecule has 1 saturated heterocycles. The van der Waals surface area contributed by atoms with Crippen molar-refractivity contribution in [2.75, 3.05) is 31.1 Å². The first-order valence-corrected chi connectivity index (χ1v) is 10.4. The van der Waals surface area contributed by atoms with Gasteiger partial charge < -0.3 is 10.2 Å². The summed E-state index contributed by atoms with van der Waals surface area (Å²) in [7, 11) is 0. The SMILES string of the molecule is FC(F)(F)c1cccc(C2=CCCCC(N3CCN(c4nccs4)CC3)N2)c1. The molecule has 1 fully saturated rings. The average molecular weight is 408 g/mol. The third-order valence-electron chi connectivity index (χ3n) is 5.30. The van der Waals surface area contributed by atoms with E-state index in [1.165, 1.54) is 12.1 Å². The lowest BCUT2D eigenvalue weighted by atomic mass is 10.1. The van der Waals surface area contributed by atoms with E-state index < -0.39 is 11.7 Å². The van der Waals surface area contributed by atoms with Gasteiger partial charge in [0.2, 0.25) is 0 Å². The Morgan fingerprint density at radius 1 is 1.14 bits per heavy atom. The van der Waals surface area contributed by atoms with Crippen molar-refractivity contribution in [2.24, 2.45) is 0 Å². The maximum Gasteiger partial charge on any atom is 0.416 e. The third-order valence-corrected chi connectivity index (χ3v) is 6.13. The number of rotatable bonds is 3. The van der Waals surface area contributed by atoms with Gasteiger partial charge in [0, 0.05) is 43.5 Å². The molecule has 28 heavy (non-hydrogen) atoms. The Morgan fingerprint density at radius 2 is 1.96 bits per heavy atom. The van der Waals surface area contributed by atoms with Gasteiger partial charge in [0.05, 0.1) is 11.7 Å². The van der Waals surface area contributed by atoms with Crippen LogP contribution in [-0.2, 0) is 6.18 Å². The minimum Gasteiger partial charge on any atom is -0.369 e. The molecule has 150 valence electrons. The maximum atomic E-state index is 13.1. The van der Waals surface area contributed by atoms with Gasteiger partial charge in [-0.15, -0.1) is 11.3 Å². The molecule has 0 spiro atoms. The van der Waals surface area contributed by atoms with Gasteiger partial charge in [-0.05, 0) is 37.0 Å². The molecular weight excluding hydrogens is 385 g/mol. The Morgan fingerprint density at radius 3 is 2.68 bits per heavy atom. The molecule has 0 aliphatic carbocycles. The molecule has 1 aromatic heterocycles. The van der Waals surface area contributed by atoms with E-state index in [1.54, 1.807) is 17.4 Å². The van der Waals surface area contributed by atoms with Gasteiger partial charge in [0.25, 0.3) is 0 Å². The zero-order valence-electron chi connectivity index (χ0n) is 15.5. The maximum absolute atomic E-state index is 13.1. The molecule has 2 aromatic rings. The molecule has 4 rings (SSSR count). The fourth-order valence-electron chi connectivity index (χ4n) is 3.80. The summed E-state index contributed by atoms with van der Waals surface area (Å²) in [6, 6.07) is 5.59. The van der Waals surface area contributed by atoms with Gasteiger partial charge in [-0.25, -0.2) is 4.98 Å². The van der Waals surface area contributed by atoms with E-state index in [0.717, 1.165) is 62.3 Å².